The van der Waals surface area contributed by atoms with E-state index in [4.69, 9.17) is 0 Å². The minimum absolute atomic E-state index is 0.147. The Labute approximate surface area is 320 Å². The molecular weight excluding hydrogens is 665 g/mol. The molecule has 4 aliphatic carbocycles. The number of hydrogen-bond donors (Lipinski definition) is 4. The molecule has 0 unspecified atom stereocenters. The zero-order valence-electron chi connectivity index (χ0n) is 31.6. The molecule has 4 heteroatoms. The second-order valence-corrected chi connectivity index (χ2v) is 16.3. The molecule has 4 nitrogen and oxygen atoms in total. The first kappa shape index (κ1) is 37.3. The number of aliphatic hydroxyl groups is 4. The highest BCUT2D eigenvalue weighted by Gasteiger charge is 2.69. The van der Waals surface area contributed by atoms with Crippen LogP contribution >= 0.6 is 0 Å². The van der Waals surface area contributed by atoms with Gasteiger partial charge in [-0.2, -0.15) is 0 Å². The molecule has 0 amide bonds. The Morgan fingerprint density at radius 3 is 0.648 bits per heavy atom. The topological polar surface area (TPSA) is 80.9 Å². The van der Waals surface area contributed by atoms with E-state index in [0.717, 1.165) is 60.8 Å². The molecule has 272 valence electrons. The van der Waals surface area contributed by atoms with Gasteiger partial charge < -0.3 is 20.4 Å². The van der Waals surface area contributed by atoms with Crippen molar-refractivity contribution in [2.45, 2.75) is 112 Å². The van der Waals surface area contributed by atoms with Crippen molar-refractivity contribution in [1.82, 2.24) is 0 Å². The van der Waals surface area contributed by atoms with Gasteiger partial charge in [0, 0.05) is 22.3 Å². The third kappa shape index (κ3) is 7.51. The van der Waals surface area contributed by atoms with Crippen LogP contribution in [0, 0.1) is 47.4 Å². The number of aliphatic hydroxyl groups excluding tert-OH is 4. The average Bonchev–Trinajstić information content (AvgIpc) is 3.15. The van der Waals surface area contributed by atoms with E-state index in [0.29, 0.717) is 0 Å². The summed E-state index contributed by atoms with van der Waals surface area (Å²) in [6, 6.07) is 35.0. The monoisotopic (exact) mass is 712 g/mol. The lowest BCUT2D eigenvalue weighted by Crippen LogP contribution is -2.67. The summed E-state index contributed by atoms with van der Waals surface area (Å²) >= 11 is 0. The van der Waals surface area contributed by atoms with Crippen molar-refractivity contribution in [3.8, 4) is 47.4 Å². The van der Waals surface area contributed by atoms with Crippen LogP contribution in [0.1, 0.15) is 111 Å². The van der Waals surface area contributed by atoms with Crippen LogP contribution in [0.4, 0.5) is 0 Å². The van der Waals surface area contributed by atoms with Crippen LogP contribution in [-0.4, -0.2) is 44.8 Å². The molecule has 4 aliphatic rings. The summed E-state index contributed by atoms with van der Waals surface area (Å²) in [7, 11) is 0. The molecule has 0 saturated heterocycles. The summed E-state index contributed by atoms with van der Waals surface area (Å²) in [5.74, 6) is 24.1. The second kappa shape index (κ2) is 14.7. The van der Waals surface area contributed by atoms with Crippen molar-refractivity contribution in [3.05, 3.63) is 142 Å². The van der Waals surface area contributed by atoms with Crippen LogP contribution in [-0.2, 0) is 21.7 Å². The quantitative estimate of drug-likeness (QED) is 0.171. The van der Waals surface area contributed by atoms with Crippen molar-refractivity contribution >= 4 is 0 Å². The van der Waals surface area contributed by atoms with E-state index in [9.17, 15) is 20.4 Å². The summed E-state index contributed by atoms with van der Waals surface area (Å²) in [6.07, 6.45) is 3.31. The predicted molar refractivity (Wildman–Crippen MR) is 214 cm³/mol. The predicted octanol–water partition coefficient (Wildman–Crippen LogP) is 7.05. The lowest BCUT2D eigenvalue weighted by atomic mass is 9.32. The fraction of sp³-hybridized carbons (Fsp3) is 0.360. The van der Waals surface area contributed by atoms with Crippen molar-refractivity contribution < 1.29 is 20.4 Å². The first-order valence-corrected chi connectivity index (χ1v) is 19.0. The van der Waals surface area contributed by atoms with Crippen LogP contribution in [0.15, 0.2) is 97.1 Å². The first-order chi connectivity index (χ1) is 25.8. The first-order valence-electron chi connectivity index (χ1n) is 19.0. The van der Waals surface area contributed by atoms with Crippen LogP contribution in [0.5, 0.6) is 0 Å². The van der Waals surface area contributed by atoms with Gasteiger partial charge in [-0.05, 0) is 159 Å². The van der Waals surface area contributed by atoms with Gasteiger partial charge in [-0.25, -0.2) is 0 Å². The van der Waals surface area contributed by atoms with E-state index in [2.05, 4.69) is 144 Å². The van der Waals surface area contributed by atoms with Gasteiger partial charge in [-0.3, -0.25) is 0 Å². The van der Waals surface area contributed by atoms with Crippen molar-refractivity contribution in [1.29, 1.82) is 0 Å². The molecule has 4 fully saturated rings. The van der Waals surface area contributed by atoms with Crippen LogP contribution < -0.4 is 0 Å². The van der Waals surface area contributed by atoms with Crippen LogP contribution in [0.3, 0.4) is 0 Å². The molecule has 4 aromatic rings. The third-order valence-corrected chi connectivity index (χ3v) is 11.8. The highest BCUT2D eigenvalue weighted by Crippen LogP contribution is 2.74. The molecular formula is C50H48O4. The van der Waals surface area contributed by atoms with E-state index in [1.54, 1.807) is 27.7 Å². The van der Waals surface area contributed by atoms with Gasteiger partial charge >= 0.3 is 0 Å². The lowest BCUT2D eigenvalue weighted by molar-refractivity contribution is -0.0691. The molecule has 0 aliphatic heterocycles. The average molecular weight is 713 g/mol. The smallest absolute Gasteiger partial charge is 0.112 e. The molecule has 0 radical (unpaired) electrons. The Bertz CT molecular complexity index is 1880. The van der Waals surface area contributed by atoms with Crippen LogP contribution in [0.25, 0.3) is 0 Å². The maximum Gasteiger partial charge on any atom is 0.112 e. The summed E-state index contributed by atoms with van der Waals surface area (Å²) in [5, 5.41) is 39.3. The second-order valence-electron chi connectivity index (χ2n) is 16.3. The largest absolute Gasteiger partial charge is 0.381 e. The minimum atomic E-state index is -0.689. The Morgan fingerprint density at radius 2 is 0.500 bits per heavy atom. The van der Waals surface area contributed by atoms with Crippen molar-refractivity contribution in [2.75, 3.05) is 0 Å². The summed E-state index contributed by atoms with van der Waals surface area (Å²) in [4.78, 5) is 0. The molecule has 4 aromatic carbocycles. The summed E-state index contributed by atoms with van der Waals surface area (Å²) < 4.78 is 0. The van der Waals surface area contributed by atoms with E-state index in [1.165, 1.54) is 22.3 Å². The van der Waals surface area contributed by atoms with Gasteiger partial charge in [0.15, 0.2) is 0 Å². The summed E-state index contributed by atoms with van der Waals surface area (Å²) in [6.45, 7) is 6.72. The third-order valence-electron chi connectivity index (χ3n) is 11.8. The van der Waals surface area contributed by atoms with Gasteiger partial charge in [0.25, 0.3) is 0 Å². The fourth-order valence-corrected chi connectivity index (χ4v) is 10.2. The zero-order chi connectivity index (χ0) is 38.1. The van der Waals surface area contributed by atoms with Crippen LogP contribution in [0.2, 0.25) is 0 Å². The lowest BCUT2D eigenvalue weighted by Gasteiger charge is -2.71. The minimum Gasteiger partial charge on any atom is -0.381 e. The molecule has 8 rings (SSSR count). The Morgan fingerprint density at radius 1 is 0.333 bits per heavy atom. The van der Waals surface area contributed by atoms with Gasteiger partial charge in [-0.1, -0.05) is 95.9 Å². The number of benzene rings is 4. The highest BCUT2D eigenvalue weighted by atomic mass is 16.3. The molecule has 4 atom stereocenters. The molecule has 54 heavy (non-hydrogen) atoms. The Kier molecular flexibility index (Phi) is 10.1. The Hall–Kier alpha value is -5.04. The highest BCUT2D eigenvalue weighted by molar-refractivity contribution is 5.53. The van der Waals surface area contributed by atoms with Gasteiger partial charge in [-0.15, -0.1) is 0 Å². The zero-order valence-corrected chi connectivity index (χ0v) is 31.6. The standard InChI is InChI=1S/C50H48O4/c1-35(51)5-9-39-13-21-43(22-14-39)47-29-48(44-23-15-40(16-24-44)10-6-36(2)52)32-49(30-47,45-25-17-41(18-26-45)11-7-37(3)53)34-50(31-47,33-48)46-27-19-42(20-28-46)12-8-38(4)54/h13-28,35-38,51-54H,29-34H2,1-4H3/t35-,36-,37-,38-,47?,48?,49?,50?/m0/s1. The molecule has 0 aromatic heterocycles. The molecule has 4 saturated carbocycles. The fourth-order valence-electron chi connectivity index (χ4n) is 10.2. The molecule has 4 N–H and O–H groups in total. The van der Waals surface area contributed by atoms with Gasteiger partial charge in [0.1, 0.15) is 24.4 Å². The molecule has 0 spiro atoms. The number of rotatable bonds is 4. The maximum absolute atomic E-state index is 9.82. The van der Waals surface area contributed by atoms with Crippen molar-refractivity contribution in [2.24, 2.45) is 0 Å². The summed E-state index contributed by atoms with van der Waals surface area (Å²) in [5.41, 5.74) is 8.25. The van der Waals surface area contributed by atoms with E-state index >= 15 is 0 Å². The number of hydrogen-bond acceptors (Lipinski definition) is 4. The SMILES string of the molecule is C[C@H](O)C#Cc1ccc(C23CC4(c5ccc(C#C[C@H](C)O)cc5)CC(c5ccc(C#C[C@H](C)O)cc5)(C2)CC(c2ccc(C#C[C@H](C)O)cc2)(C3)C4)cc1. The van der Waals surface area contributed by atoms with E-state index < -0.39 is 24.4 Å². The van der Waals surface area contributed by atoms with Gasteiger partial charge in [0.2, 0.25) is 0 Å². The maximum atomic E-state index is 9.82. The Balaban J connectivity index is 1.42. The molecule has 0 heterocycles. The van der Waals surface area contributed by atoms with E-state index in [1.807, 2.05) is 0 Å². The molecule has 4 bridgehead atoms. The normalized spacial score (nSPS) is 27.0. The van der Waals surface area contributed by atoms with Crippen molar-refractivity contribution in [3.63, 3.8) is 0 Å². The van der Waals surface area contributed by atoms with E-state index in [-0.39, 0.29) is 21.7 Å². The van der Waals surface area contributed by atoms with Gasteiger partial charge in [0.05, 0.1) is 0 Å².